The van der Waals surface area contributed by atoms with Crippen molar-refractivity contribution in [3.8, 4) is 11.5 Å². The van der Waals surface area contributed by atoms with Gasteiger partial charge in [0.15, 0.2) is 11.5 Å². The third-order valence-corrected chi connectivity index (χ3v) is 3.18. The van der Waals surface area contributed by atoms with Gasteiger partial charge < -0.3 is 14.8 Å². The number of fused-ring (bicyclic) bond motifs is 1. The molecule has 5 heteroatoms. The van der Waals surface area contributed by atoms with E-state index in [0.29, 0.717) is 16.5 Å². The summed E-state index contributed by atoms with van der Waals surface area (Å²) in [6.07, 6.45) is 0.277. The summed E-state index contributed by atoms with van der Waals surface area (Å²) in [7, 11) is 0. The van der Waals surface area contributed by atoms with Gasteiger partial charge in [-0.1, -0.05) is 17.7 Å². The van der Waals surface area contributed by atoms with Crippen molar-refractivity contribution in [1.82, 2.24) is 0 Å². The zero-order chi connectivity index (χ0) is 13.9. The molecule has 1 N–H and O–H groups in total. The summed E-state index contributed by atoms with van der Waals surface area (Å²) in [6.45, 7) is 0.232. The largest absolute Gasteiger partial charge is 0.454 e. The van der Waals surface area contributed by atoms with Gasteiger partial charge in [-0.2, -0.15) is 0 Å². The molecule has 0 aliphatic carbocycles. The first-order chi connectivity index (χ1) is 9.70. The minimum atomic E-state index is -0.0915. The van der Waals surface area contributed by atoms with Crippen LogP contribution in [0.15, 0.2) is 42.5 Å². The molecule has 1 aliphatic rings. The number of benzene rings is 2. The molecule has 4 nitrogen and oxygen atoms in total. The summed E-state index contributed by atoms with van der Waals surface area (Å²) in [5, 5.41) is 3.45. The molecular formula is C15H12ClNO3. The quantitative estimate of drug-likeness (QED) is 0.943. The molecule has 0 unspecified atom stereocenters. The number of amides is 1. The predicted octanol–water partition coefficient (Wildman–Crippen LogP) is 3.25. The van der Waals surface area contributed by atoms with Crippen LogP contribution in [0.4, 0.5) is 5.69 Å². The van der Waals surface area contributed by atoms with Crippen molar-refractivity contribution in [2.75, 3.05) is 12.1 Å². The SMILES string of the molecule is O=C(Cc1ccc2c(c1)OCO2)Nc1ccc(Cl)cc1. The Morgan fingerprint density at radius 1 is 1.10 bits per heavy atom. The summed E-state index contributed by atoms with van der Waals surface area (Å²) in [6, 6.07) is 12.5. The van der Waals surface area contributed by atoms with Crippen LogP contribution in [0.1, 0.15) is 5.56 Å². The number of rotatable bonds is 3. The fourth-order valence-corrected chi connectivity index (χ4v) is 2.10. The zero-order valence-corrected chi connectivity index (χ0v) is 11.3. The maximum Gasteiger partial charge on any atom is 0.231 e. The van der Waals surface area contributed by atoms with Gasteiger partial charge in [0.05, 0.1) is 6.42 Å². The van der Waals surface area contributed by atoms with Gasteiger partial charge in [-0.25, -0.2) is 0 Å². The number of nitrogens with one attached hydrogen (secondary N) is 1. The van der Waals surface area contributed by atoms with E-state index in [-0.39, 0.29) is 19.1 Å². The summed E-state index contributed by atoms with van der Waals surface area (Å²) in [5.74, 6) is 1.31. The number of carbonyl (C=O) groups excluding carboxylic acids is 1. The maximum absolute atomic E-state index is 12.0. The second kappa shape index (κ2) is 5.43. The van der Waals surface area contributed by atoms with E-state index in [1.165, 1.54) is 0 Å². The van der Waals surface area contributed by atoms with E-state index in [1.807, 2.05) is 18.2 Å². The van der Waals surface area contributed by atoms with E-state index in [2.05, 4.69) is 5.32 Å². The molecule has 0 bridgehead atoms. The van der Waals surface area contributed by atoms with Crippen LogP contribution in [0.25, 0.3) is 0 Å². The van der Waals surface area contributed by atoms with Crippen molar-refractivity contribution >= 4 is 23.2 Å². The van der Waals surface area contributed by atoms with Crippen LogP contribution < -0.4 is 14.8 Å². The molecule has 1 aliphatic heterocycles. The highest BCUT2D eigenvalue weighted by Crippen LogP contribution is 2.32. The highest BCUT2D eigenvalue weighted by Gasteiger charge is 2.14. The fraction of sp³-hybridized carbons (Fsp3) is 0.133. The standard InChI is InChI=1S/C15H12ClNO3/c16-11-2-4-12(5-3-11)17-15(18)8-10-1-6-13-14(7-10)20-9-19-13/h1-7H,8-9H2,(H,17,18). The van der Waals surface area contributed by atoms with E-state index in [0.717, 1.165) is 11.3 Å². The minimum absolute atomic E-state index is 0.0915. The van der Waals surface area contributed by atoms with Crippen molar-refractivity contribution in [2.45, 2.75) is 6.42 Å². The first kappa shape index (κ1) is 12.8. The number of ether oxygens (including phenoxy) is 2. The van der Waals surface area contributed by atoms with Gasteiger partial charge in [0.1, 0.15) is 0 Å². The lowest BCUT2D eigenvalue weighted by Gasteiger charge is -2.06. The van der Waals surface area contributed by atoms with E-state index >= 15 is 0 Å². The molecule has 0 fully saturated rings. The molecule has 20 heavy (non-hydrogen) atoms. The van der Waals surface area contributed by atoms with Crippen LogP contribution in [0.2, 0.25) is 5.02 Å². The molecule has 0 saturated heterocycles. The van der Waals surface area contributed by atoms with Gasteiger partial charge in [-0.05, 0) is 42.0 Å². The molecule has 3 rings (SSSR count). The highest BCUT2D eigenvalue weighted by atomic mass is 35.5. The maximum atomic E-state index is 12.0. The van der Waals surface area contributed by atoms with Gasteiger partial charge in [0.25, 0.3) is 0 Å². The Balaban J connectivity index is 1.65. The summed E-state index contributed by atoms with van der Waals surface area (Å²) >= 11 is 5.79. The third-order valence-electron chi connectivity index (χ3n) is 2.93. The number of carbonyl (C=O) groups is 1. The van der Waals surface area contributed by atoms with Crippen LogP contribution in [-0.2, 0) is 11.2 Å². The fourth-order valence-electron chi connectivity index (χ4n) is 1.97. The van der Waals surface area contributed by atoms with Crippen molar-refractivity contribution in [3.05, 3.63) is 53.1 Å². The van der Waals surface area contributed by atoms with Crippen LogP contribution in [0.5, 0.6) is 11.5 Å². The summed E-state index contributed by atoms with van der Waals surface area (Å²) in [5.41, 5.74) is 1.60. The van der Waals surface area contributed by atoms with Gasteiger partial charge in [-0.15, -0.1) is 0 Å². The monoisotopic (exact) mass is 289 g/mol. The Hall–Kier alpha value is -2.20. The third kappa shape index (κ3) is 2.86. The van der Waals surface area contributed by atoms with Gasteiger partial charge in [-0.3, -0.25) is 4.79 Å². The molecule has 102 valence electrons. The number of anilines is 1. The minimum Gasteiger partial charge on any atom is -0.454 e. The molecular weight excluding hydrogens is 278 g/mol. The molecule has 2 aromatic rings. The normalized spacial score (nSPS) is 12.2. The topological polar surface area (TPSA) is 47.6 Å². The van der Waals surface area contributed by atoms with Crippen LogP contribution >= 0.6 is 11.6 Å². The smallest absolute Gasteiger partial charge is 0.231 e. The van der Waals surface area contributed by atoms with Crippen molar-refractivity contribution < 1.29 is 14.3 Å². The van der Waals surface area contributed by atoms with E-state index in [4.69, 9.17) is 21.1 Å². The molecule has 1 heterocycles. The molecule has 0 saturated carbocycles. The molecule has 0 atom stereocenters. The molecule has 2 aromatic carbocycles. The Morgan fingerprint density at radius 3 is 2.65 bits per heavy atom. The zero-order valence-electron chi connectivity index (χ0n) is 10.6. The lowest BCUT2D eigenvalue weighted by atomic mass is 10.1. The van der Waals surface area contributed by atoms with Crippen molar-refractivity contribution in [3.63, 3.8) is 0 Å². The van der Waals surface area contributed by atoms with Gasteiger partial charge in [0.2, 0.25) is 12.7 Å². The average Bonchev–Trinajstić information content (AvgIpc) is 2.89. The second-order valence-corrected chi connectivity index (χ2v) is 4.86. The van der Waals surface area contributed by atoms with Gasteiger partial charge >= 0.3 is 0 Å². The summed E-state index contributed by atoms with van der Waals surface area (Å²) in [4.78, 5) is 12.0. The van der Waals surface area contributed by atoms with E-state index in [1.54, 1.807) is 24.3 Å². The molecule has 0 radical (unpaired) electrons. The number of hydrogen-bond donors (Lipinski definition) is 1. The first-order valence-corrected chi connectivity index (χ1v) is 6.52. The summed E-state index contributed by atoms with van der Waals surface area (Å²) < 4.78 is 10.5. The van der Waals surface area contributed by atoms with Crippen molar-refractivity contribution in [1.29, 1.82) is 0 Å². The Bertz CT molecular complexity index is 640. The lowest BCUT2D eigenvalue weighted by Crippen LogP contribution is -2.14. The Kier molecular flexibility index (Phi) is 3.48. The highest BCUT2D eigenvalue weighted by molar-refractivity contribution is 6.30. The molecule has 0 spiro atoms. The van der Waals surface area contributed by atoms with Crippen molar-refractivity contribution in [2.24, 2.45) is 0 Å². The van der Waals surface area contributed by atoms with Crippen LogP contribution in [0.3, 0.4) is 0 Å². The molecule has 1 amide bonds. The molecule has 0 aromatic heterocycles. The first-order valence-electron chi connectivity index (χ1n) is 6.15. The van der Waals surface area contributed by atoms with Crippen LogP contribution in [0, 0.1) is 0 Å². The number of halogens is 1. The van der Waals surface area contributed by atoms with E-state index < -0.39 is 0 Å². The van der Waals surface area contributed by atoms with Gasteiger partial charge in [0, 0.05) is 10.7 Å². The van der Waals surface area contributed by atoms with E-state index in [9.17, 15) is 4.79 Å². The predicted molar refractivity (Wildman–Crippen MR) is 76.4 cm³/mol. The number of hydrogen-bond acceptors (Lipinski definition) is 3. The lowest BCUT2D eigenvalue weighted by molar-refractivity contribution is -0.115. The Morgan fingerprint density at radius 2 is 1.85 bits per heavy atom. The Labute approximate surface area is 121 Å². The van der Waals surface area contributed by atoms with Crippen LogP contribution in [-0.4, -0.2) is 12.7 Å². The average molecular weight is 290 g/mol. The second-order valence-electron chi connectivity index (χ2n) is 4.42.